The number of guanidine groups is 1. The largest absolute Gasteiger partial charge is 0.357 e. The fourth-order valence-electron chi connectivity index (χ4n) is 2.53. The van der Waals surface area contributed by atoms with Gasteiger partial charge in [0.15, 0.2) is 5.96 Å². The van der Waals surface area contributed by atoms with Crippen LogP contribution in [0.2, 0.25) is 0 Å². The van der Waals surface area contributed by atoms with Crippen LogP contribution in [0.1, 0.15) is 44.7 Å². The lowest BCUT2D eigenvalue weighted by molar-refractivity contribution is 0.401. The molecule has 0 aliphatic heterocycles. The van der Waals surface area contributed by atoms with Crippen molar-refractivity contribution in [2.45, 2.75) is 46.7 Å². The summed E-state index contributed by atoms with van der Waals surface area (Å²) in [4.78, 5) is 6.96. The fourth-order valence-corrected chi connectivity index (χ4v) is 2.53. The monoisotopic (exact) mass is 318 g/mol. The van der Waals surface area contributed by atoms with Crippen LogP contribution in [0, 0.1) is 5.92 Å². The highest BCUT2D eigenvalue weighted by molar-refractivity contribution is 5.79. The molecule has 4 heteroatoms. The maximum absolute atomic E-state index is 4.77. The number of hydrogen-bond acceptors (Lipinski definition) is 2. The van der Waals surface area contributed by atoms with Gasteiger partial charge in [-0.25, -0.2) is 4.99 Å². The molecular formula is C19H34N4. The summed E-state index contributed by atoms with van der Waals surface area (Å²) in [5, 5.41) is 6.83. The first-order valence-electron chi connectivity index (χ1n) is 8.84. The first-order chi connectivity index (χ1) is 11.1. The van der Waals surface area contributed by atoms with E-state index < -0.39 is 0 Å². The molecule has 0 atom stereocenters. The Bertz CT molecular complexity index is 464. The van der Waals surface area contributed by atoms with Gasteiger partial charge in [0.05, 0.1) is 6.54 Å². The summed E-state index contributed by atoms with van der Waals surface area (Å²) in [5.74, 6) is 1.62. The standard InChI is InChI=1S/C19H34N4/c1-6-16(7-2)13-21-19(20-8-3)22-14-17-11-9-10-12-18(17)15-23(4)5/h9-12,16H,6-8,13-15H2,1-5H3,(H2,20,21,22). The van der Waals surface area contributed by atoms with E-state index in [1.165, 1.54) is 24.0 Å². The average Bonchev–Trinajstić information content (AvgIpc) is 2.54. The molecule has 0 aromatic heterocycles. The Labute approximate surface area is 142 Å². The van der Waals surface area contributed by atoms with E-state index >= 15 is 0 Å². The van der Waals surface area contributed by atoms with Crippen molar-refractivity contribution in [2.75, 3.05) is 27.2 Å². The van der Waals surface area contributed by atoms with Gasteiger partial charge in [-0.1, -0.05) is 51.0 Å². The lowest BCUT2D eigenvalue weighted by Crippen LogP contribution is -2.39. The van der Waals surface area contributed by atoms with Crippen LogP contribution >= 0.6 is 0 Å². The minimum Gasteiger partial charge on any atom is -0.357 e. The second-order valence-corrected chi connectivity index (χ2v) is 6.27. The molecular weight excluding hydrogens is 284 g/mol. The van der Waals surface area contributed by atoms with Crippen LogP contribution in [0.15, 0.2) is 29.3 Å². The van der Waals surface area contributed by atoms with Crippen LogP contribution in [-0.4, -0.2) is 38.0 Å². The highest BCUT2D eigenvalue weighted by Crippen LogP contribution is 2.12. The van der Waals surface area contributed by atoms with Gasteiger partial charge in [0.2, 0.25) is 0 Å². The maximum Gasteiger partial charge on any atom is 0.191 e. The highest BCUT2D eigenvalue weighted by atomic mass is 15.2. The number of nitrogens with zero attached hydrogens (tertiary/aromatic N) is 2. The zero-order valence-corrected chi connectivity index (χ0v) is 15.5. The predicted octanol–water partition coefficient (Wildman–Crippen LogP) is 3.24. The average molecular weight is 319 g/mol. The molecule has 0 spiro atoms. The highest BCUT2D eigenvalue weighted by Gasteiger charge is 2.06. The Morgan fingerprint density at radius 1 is 1.04 bits per heavy atom. The summed E-state index contributed by atoms with van der Waals surface area (Å²) in [6, 6.07) is 8.55. The lowest BCUT2D eigenvalue weighted by Gasteiger charge is -2.17. The first-order valence-corrected chi connectivity index (χ1v) is 8.84. The van der Waals surface area contributed by atoms with Crippen molar-refractivity contribution >= 4 is 5.96 Å². The Balaban J connectivity index is 2.73. The molecule has 0 heterocycles. The van der Waals surface area contributed by atoms with Gasteiger partial charge in [-0.3, -0.25) is 0 Å². The zero-order chi connectivity index (χ0) is 17.1. The van der Waals surface area contributed by atoms with Crippen molar-refractivity contribution in [3.63, 3.8) is 0 Å². The van der Waals surface area contributed by atoms with Crippen LogP contribution in [0.5, 0.6) is 0 Å². The van der Waals surface area contributed by atoms with Crippen LogP contribution in [0.25, 0.3) is 0 Å². The summed E-state index contributed by atoms with van der Waals surface area (Å²) in [5.41, 5.74) is 2.64. The molecule has 0 aliphatic carbocycles. The van der Waals surface area contributed by atoms with Crippen molar-refractivity contribution in [1.29, 1.82) is 0 Å². The molecule has 23 heavy (non-hydrogen) atoms. The number of nitrogens with one attached hydrogen (secondary N) is 2. The molecule has 0 saturated carbocycles. The topological polar surface area (TPSA) is 39.7 Å². The summed E-state index contributed by atoms with van der Waals surface area (Å²) < 4.78 is 0. The van der Waals surface area contributed by atoms with E-state index in [0.29, 0.717) is 12.5 Å². The van der Waals surface area contributed by atoms with Gasteiger partial charge in [0.25, 0.3) is 0 Å². The van der Waals surface area contributed by atoms with E-state index in [-0.39, 0.29) is 0 Å². The van der Waals surface area contributed by atoms with Gasteiger partial charge < -0.3 is 15.5 Å². The summed E-state index contributed by atoms with van der Waals surface area (Å²) in [6.07, 6.45) is 2.41. The molecule has 130 valence electrons. The van der Waals surface area contributed by atoms with Crippen molar-refractivity contribution < 1.29 is 0 Å². The van der Waals surface area contributed by atoms with E-state index in [9.17, 15) is 0 Å². The Kier molecular flexibility index (Phi) is 9.37. The van der Waals surface area contributed by atoms with Gasteiger partial charge in [-0.2, -0.15) is 0 Å². The van der Waals surface area contributed by atoms with E-state index in [1.54, 1.807) is 0 Å². The SMILES string of the molecule is CCNC(=NCc1ccccc1CN(C)C)NCC(CC)CC. The van der Waals surface area contributed by atoms with Crippen LogP contribution in [-0.2, 0) is 13.1 Å². The molecule has 1 rings (SSSR count). The van der Waals surface area contributed by atoms with Crippen LogP contribution in [0.3, 0.4) is 0 Å². The smallest absolute Gasteiger partial charge is 0.191 e. The Morgan fingerprint density at radius 2 is 1.70 bits per heavy atom. The fraction of sp³-hybridized carbons (Fsp3) is 0.632. The van der Waals surface area contributed by atoms with Gasteiger partial charge in [0.1, 0.15) is 0 Å². The summed E-state index contributed by atoms with van der Waals surface area (Å²) >= 11 is 0. The number of hydrogen-bond donors (Lipinski definition) is 2. The van der Waals surface area contributed by atoms with Crippen molar-refractivity contribution in [2.24, 2.45) is 10.9 Å². The first kappa shape index (κ1) is 19.5. The quantitative estimate of drug-likeness (QED) is 0.542. The van der Waals surface area contributed by atoms with Gasteiger partial charge in [-0.05, 0) is 38.1 Å². The normalized spacial score (nSPS) is 12.0. The third kappa shape index (κ3) is 7.51. The third-order valence-corrected chi connectivity index (χ3v) is 4.07. The second kappa shape index (κ2) is 11.1. The van der Waals surface area contributed by atoms with Crippen molar-refractivity contribution in [1.82, 2.24) is 15.5 Å². The van der Waals surface area contributed by atoms with Gasteiger partial charge in [0, 0.05) is 19.6 Å². The predicted molar refractivity (Wildman–Crippen MR) is 101 cm³/mol. The van der Waals surface area contributed by atoms with Crippen molar-refractivity contribution in [3.05, 3.63) is 35.4 Å². The molecule has 0 aliphatic rings. The molecule has 1 aromatic carbocycles. The molecule has 0 bridgehead atoms. The molecule has 0 unspecified atom stereocenters. The Morgan fingerprint density at radius 3 is 2.26 bits per heavy atom. The number of aliphatic imine (C=N–C) groups is 1. The van der Waals surface area contributed by atoms with E-state index in [2.05, 4.69) is 74.7 Å². The second-order valence-electron chi connectivity index (χ2n) is 6.27. The van der Waals surface area contributed by atoms with E-state index in [4.69, 9.17) is 4.99 Å². The molecule has 0 amide bonds. The molecule has 0 fully saturated rings. The van der Waals surface area contributed by atoms with Gasteiger partial charge >= 0.3 is 0 Å². The van der Waals surface area contributed by atoms with E-state index in [0.717, 1.165) is 25.6 Å². The summed E-state index contributed by atoms with van der Waals surface area (Å²) in [7, 11) is 4.20. The zero-order valence-electron chi connectivity index (χ0n) is 15.5. The van der Waals surface area contributed by atoms with Crippen molar-refractivity contribution in [3.8, 4) is 0 Å². The number of rotatable bonds is 9. The minimum atomic E-state index is 0.708. The molecule has 2 N–H and O–H groups in total. The minimum absolute atomic E-state index is 0.708. The summed E-state index contributed by atoms with van der Waals surface area (Å²) in [6.45, 7) is 10.1. The van der Waals surface area contributed by atoms with Gasteiger partial charge in [-0.15, -0.1) is 0 Å². The van der Waals surface area contributed by atoms with Crippen LogP contribution < -0.4 is 10.6 Å². The number of benzene rings is 1. The Hall–Kier alpha value is -1.55. The molecule has 1 aromatic rings. The van der Waals surface area contributed by atoms with Crippen LogP contribution in [0.4, 0.5) is 0 Å². The third-order valence-electron chi connectivity index (χ3n) is 4.07. The molecule has 4 nitrogen and oxygen atoms in total. The van der Waals surface area contributed by atoms with E-state index in [1.807, 2.05) is 0 Å². The molecule has 0 saturated heterocycles. The lowest BCUT2D eigenvalue weighted by atomic mass is 10.0. The molecule has 0 radical (unpaired) electrons. The maximum atomic E-state index is 4.77.